The van der Waals surface area contributed by atoms with Gasteiger partial charge in [-0.3, -0.25) is 4.68 Å². The third-order valence-electron chi connectivity index (χ3n) is 4.06. The molecule has 0 saturated carbocycles. The number of hydrogen-bond donors (Lipinski definition) is 0. The van der Waals surface area contributed by atoms with E-state index >= 15 is 0 Å². The first kappa shape index (κ1) is 14.5. The first-order valence-corrected chi connectivity index (χ1v) is 7.33. The number of rotatable bonds is 3. The first-order chi connectivity index (χ1) is 10.7. The van der Waals surface area contributed by atoms with Gasteiger partial charge in [0.05, 0.1) is 13.3 Å². The zero-order valence-electron chi connectivity index (χ0n) is 12.8. The Bertz CT molecular complexity index is 644. The Morgan fingerprint density at radius 3 is 2.59 bits per heavy atom. The quantitative estimate of drug-likeness (QED) is 0.798. The van der Waals surface area contributed by atoms with E-state index in [1.54, 1.807) is 6.07 Å². The summed E-state index contributed by atoms with van der Waals surface area (Å²) in [6, 6.07) is 3.48. The Labute approximate surface area is 128 Å². The van der Waals surface area contributed by atoms with Gasteiger partial charge in [0, 0.05) is 26.3 Å². The summed E-state index contributed by atoms with van der Waals surface area (Å²) in [5, 5.41) is 12.3. The molecule has 0 aromatic carbocycles. The number of aromatic nitrogens is 4. The number of hydrogen-bond acceptors (Lipinski definition) is 6. The molecular formula is C15H19N5O2. The van der Waals surface area contributed by atoms with Crippen molar-refractivity contribution >= 4 is 11.8 Å². The summed E-state index contributed by atoms with van der Waals surface area (Å²) in [6.45, 7) is 1.84. The van der Waals surface area contributed by atoms with E-state index in [-0.39, 0.29) is 5.69 Å². The van der Waals surface area contributed by atoms with Crippen molar-refractivity contribution in [2.75, 3.05) is 25.1 Å². The van der Waals surface area contributed by atoms with E-state index in [1.807, 2.05) is 24.0 Å². The second kappa shape index (κ2) is 6.13. The Morgan fingerprint density at radius 2 is 2.05 bits per heavy atom. The number of ether oxygens (including phenoxy) is 1. The molecule has 0 spiro atoms. The molecule has 1 aliphatic heterocycles. The molecule has 2 aromatic rings. The number of nitrogens with zero attached hydrogens (tertiary/aromatic N) is 5. The van der Waals surface area contributed by atoms with Crippen LogP contribution in [0.4, 0.5) is 5.82 Å². The molecule has 2 aromatic heterocycles. The van der Waals surface area contributed by atoms with Crippen LogP contribution in [0.1, 0.15) is 34.8 Å². The molecule has 0 amide bonds. The minimum Gasteiger partial charge on any atom is -0.464 e. The Morgan fingerprint density at radius 1 is 1.27 bits per heavy atom. The van der Waals surface area contributed by atoms with Gasteiger partial charge in [-0.1, -0.05) is 0 Å². The SMILES string of the molecule is COC(=O)c1ccc(N2CCC(c3cnn(C)c3)CC2)nn1. The molecule has 1 saturated heterocycles. The van der Waals surface area contributed by atoms with Crippen molar-refractivity contribution in [1.82, 2.24) is 20.0 Å². The number of methoxy groups -OCH3 is 1. The fourth-order valence-corrected chi connectivity index (χ4v) is 2.80. The lowest BCUT2D eigenvalue weighted by Gasteiger charge is -2.32. The van der Waals surface area contributed by atoms with Gasteiger partial charge in [-0.25, -0.2) is 4.79 Å². The second-order valence-corrected chi connectivity index (χ2v) is 5.48. The van der Waals surface area contributed by atoms with Gasteiger partial charge in [0.2, 0.25) is 0 Å². The molecule has 0 N–H and O–H groups in total. The molecule has 0 radical (unpaired) electrons. The highest BCUT2D eigenvalue weighted by atomic mass is 16.5. The van der Waals surface area contributed by atoms with Gasteiger partial charge in [-0.2, -0.15) is 5.10 Å². The molecule has 116 valence electrons. The van der Waals surface area contributed by atoms with Crippen molar-refractivity contribution in [2.45, 2.75) is 18.8 Å². The Kier molecular flexibility index (Phi) is 4.04. The van der Waals surface area contributed by atoms with E-state index in [2.05, 4.69) is 31.1 Å². The molecule has 0 unspecified atom stereocenters. The van der Waals surface area contributed by atoms with Crippen LogP contribution in [0.2, 0.25) is 0 Å². The summed E-state index contributed by atoms with van der Waals surface area (Å²) in [6.07, 6.45) is 6.16. The van der Waals surface area contributed by atoms with E-state index in [1.165, 1.54) is 12.7 Å². The lowest BCUT2D eigenvalue weighted by atomic mass is 9.91. The predicted octanol–water partition coefficient (Wildman–Crippen LogP) is 1.38. The van der Waals surface area contributed by atoms with Crippen LogP contribution in [-0.4, -0.2) is 46.1 Å². The van der Waals surface area contributed by atoms with Gasteiger partial charge >= 0.3 is 5.97 Å². The number of carbonyl (C=O) groups excluding carboxylic acids is 1. The topological polar surface area (TPSA) is 73.1 Å². The van der Waals surface area contributed by atoms with Crippen LogP contribution >= 0.6 is 0 Å². The summed E-state index contributed by atoms with van der Waals surface area (Å²) < 4.78 is 6.47. The normalized spacial score (nSPS) is 15.8. The Hall–Kier alpha value is -2.44. The Balaban J connectivity index is 1.62. The molecule has 7 heteroatoms. The van der Waals surface area contributed by atoms with Crippen LogP contribution in [-0.2, 0) is 11.8 Å². The minimum absolute atomic E-state index is 0.233. The summed E-state index contributed by atoms with van der Waals surface area (Å²) in [4.78, 5) is 13.6. The van der Waals surface area contributed by atoms with Crippen molar-refractivity contribution in [3.05, 3.63) is 35.8 Å². The molecule has 22 heavy (non-hydrogen) atoms. The van der Waals surface area contributed by atoms with Gasteiger partial charge in [0.15, 0.2) is 11.5 Å². The number of anilines is 1. The molecule has 7 nitrogen and oxygen atoms in total. The molecule has 0 bridgehead atoms. The fraction of sp³-hybridized carbons (Fsp3) is 0.467. The second-order valence-electron chi connectivity index (χ2n) is 5.48. The highest BCUT2D eigenvalue weighted by Crippen LogP contribution is 2.29. The van der Waals surface area contributed by atoms with Gasteiger partial charge in [0.25, 0.3) is 0 Å². The van der Waals surface area contributed by atoms with E-state index in [4.69, 9.17) is 0 Å². The third-order valence-corrected chi connectivity index (χ3v) is 4.06. The molecule has 0 aliphatic carbocycles. The first-order valence-electron chi connectivity index (χ1n) is 7.33. The van der Waals surface area contributed by atoms with Crippen LogP contribution in [0.25, 0.3) is 0 Å². The third kappa shape index (κ3) is 2.93. The van der Waals surface area contributed by atoms with Crippen molar-refractivity contribution in [2.24, 2.45) is 7.05 Å². The largest absolute Gasteiger partial charge is 0.464 e. The summed E-state index contributed by atoms with van der Waals surface area (Å²) in [5.41, 5.74) is 1.53. The zero-order chi connectivity index (χ0) is 15.5. The molecule has 0 atom stereocenters. The van der Waals surface area contributed by atoms with Gasteiger partial charge in [-0.05, 0) is 36.5 Å². The number of carbonyl (C=O) groups is 1. The monoisotopic (exact) mass is 301 g/mol. The van der Waals surface area contributed by atoms with Crippen LogP contribution in [0, 0.1) is 0 Å². The maximum absolute atomic E-state index is 11.4. The van der Waals surface area contributed by atoms with Crippen molar-refractivity contribution in [1.29, 1.82) is 0 Å². The summed E-state index contributed by atoms with van der Waals surface area (Å²) in [7, 11) is 3.28. The average Bonchev–Trinajstić information content (AvgIpc) is 3.01. The smallest absolute Gasteiger partial charge is 0.358 e. The number of aryl methyl sites for hydroxylation is 1. The van der Waals surface area contributed by atoms with Crippen molar-refractivity contribution in [3.63, 3.8) is 0 Å². The van der Waals surface area contributed by atoms with Crippen LogP contribution in [0.15, 0.2) is 24.5 Å². The van der Waals surface area contributed by atoms with E-state index in [0.717, 1.165) is 31.7 Å². The maximum Gasteiger partial charge on any atom is 0.358 e. The van der Waals surface area contributed by atoms with Crippen molar-refractivity contribution in [3.8, 4) is 0 Å². The zero-order valence-corrected chi connectivity index (χ0v) is 12.8. The van der Waals surface area contributed by atoms with E-state index < -0.39 is 5.97 Å². The van der Waals surface area contributed by atoms with Gasteiger partial charge in [-0.15, -0.1) is 10.2 Å². The van der Waals surface area contributed by atoms with Crippen molar-refractivity contribution < 1.29 is 9.53 Å². The number of piperidine rings is 1. The van der Waals surface area contributed by atoms with Crippen LogP contribution in [0.5, 0.6) is 0 Å². The fourth-order valence-electron chi connectivity index (χ4n) is 2.80. The lowest BCUT2D eigenvalue weighted by molar-refractivity contribution is 0.0592. The standard InChI is InChI=1S/C15H19N5O2/c1-19-10-12(9-16-19)11-5-7-20(8-6-11)14-4-3-13(17-18-14)15(21)22-2/h3-4,9-11H,5-8H2,1-2H3. The van der Waals surface area contributed by atoms with E-state index in [9.17, 15) is 4.79 Å². The summed E-state index contributed by atoms with van der Waals surface area (Å²) in [5.74, 6) is 0.888. The summed E-state index contributed by atoms with van der Waals surface area (Å²) >= 11 is 0. The van der Waals surface area contributed by atoms with E-state index in [0.29, 0.717) is 5.92 Å². The molecule has 3 rings (SSSR count). The molecule has 1 fully saturated rings. The van der Waals surface area contributed by atoms with Crippen LogP contribution in [0.3, 0.4) is 0 Å². The minimum atomic E-state index is -0.464. The highest BCUT2D eigenvalue weighted by Gasteiger charge is 2.22. The average molecular weight is 301 g/mol. The highest BCUT2D eigenvalue weighted by molar-refractivity contribution is 5.86. The molecule has 3 heterocycles. The maximum atomic E-state index is 11.4. The van der Waals surface area contributed by atoms with Gasteiger partial charge < -0.3 is 9.64 Å². The number of esters is 1. The van der Waals surface area contributed by atoms with Gasteiger partial charge in [0.1, 0.15) is 0 Å². The lowest BCUT2D eigenvalue weighted by Crippen LogP contribution is -2.33. The predicted molar refractivity (Wildman–Crippen MR) is 80.8 cm³/mol. The van der Waals surface area contributed by atoms with Crippen LogP contribution < -0.4 is 4.90 Å². The molecule has 1 aliphatic rings. The molecular weight excluding hydrogens is 282 g/mol.